The van der Waals surface area contributed by atoms with Gasteiger partial charge in [0.2, 0.25) is 25.1 Å². The van der Waals surface area contributed by atoms with Gasteiger partial charge >= 0.3 is 0 Å². The van der Waals surface area contributed by atoms with Crippen molar-refractivity contribution < 1.29 is 28.4 Å². The summed E-state index contributed by atoms with van der Waals surface area (Å²) >= 11 is 0. The first-order valence-corrected chi connectivity index (χ1v) is 13.5. The van der Waals surface area contributed by atoms with Crippen molar-refractivity contribution in [3.63, 3.8) is 0 Å². The molecule has 4 aliphatic rings. The van der Waals surface area contributed by atoms with Gasteiger partial charge in [-0.3, -0.25) is 0 Å². The average molecular weight is 532 g/mol. The van der Waals surface area contributed by atoms with E-state index in [0.29, 0.717) is 47.6 Å². The normalized spacial score (nSPS) is 17.4. The largest absolute Gasteiger partial charge is 0.493 e. The van der Waals surface area contributed by atoms with Crippen LogP contribution in [0, 0.1) is 0 Å². The number of ether oxygens (including phenoxy) is 6. The molecule has 0 atom stereocenters. The first-order valence-electron chi connectivity index (χ1n) is 13.5. The van der Waals surface area contributed by atoms with Crippen LogP contribution in [0.4, 0.5) is 5.69 Å². The summed E-state index contributed by atoms with van der Waals surface area (Å²) in [7, 11) is 3.31. The van der Waals surface area contributed by atoms with E-state index in [1.165, 1.54) is 5.56 Å². The summed E-state index contributed by atoms with van der Waals surface area (Å²) in [5.74, 6) is 3.92. The predicted octanol–water partition coefficient (Wildman–Crippen LogP) is 3.80. The van der Waals surface area contributed by atoms with Crippen molar-refractivity contribution in [2.24, 2.45) is 0 Å². The number of hydrogen-bond donors (Lipinski definition) is 1. The summed E-state index contributed by atoms with van der Waals surface area (Å²) in [6.45, 7) is 7.09. The molecule has 1 saturated heterocycles. The van der Waals surface area contributed by atoms with Crippen molar-refractivity contribution in [2.75, 3.05) is 65.4 Å². The average Bonchev–Trinajstić information content (AvgIpc) is 3.64. The fourth-order valence-corrected chi connectivity index (χ4v) is 6.02. The molecule has 0 saturated carbocycles. The third-order valence-electron chi connectivity index (χ3n) is 8.02. The lowest BCUT2D eigenvalue weighted by molar-refractivity contribution is 0.170. The summed E-state index contributed by atoms with van der Waals surface area (Å²) in [5.41, 5.74) is 6.55. The van der Waals surface area contributed by atoms with Crippen LogP contribution < -0.4 is 38.6 Å². The Morgan fingerprint density at radius 1 is 0.744 bits per heavy atom. The van der Waals surface area contributed by atoms with Crippen molar-refractivity contribution >= 4 is 5.69 Å². The minimum absolute atomic E-state index is 0.145. The van der Waals surface area contributed by atoms with E-state index in [1.54, 1.807) is 14.2 Å². The molecule has 0 spiro atoms. The first kappa shape index (κ1) is 24.2. The molecule has 0 amide bonds. The second-order valence-electron chi connectivity index (χ2n) is 10.2. The second-order valence-corrected chi connectivity index (χ2v) is 10.2. The molecule has 3 aromatic carbocycles. The van der Waals surface area contributed by atoms with Crippen molar-refractivity contribution in [3.05, 3.63) is 53.1 Å². The van der Waals surface area contributed by atoms with Crippen LogP contribution in [0.25, 0.3) is 11.1 Å². The highest BCUT2D eigenvalue weighted by Crippen LogP contribution is 2.57. The number of anilines is 1. The molecule has 0 bridgehead atoms. The highest BCUT2D eigenvalue weighted by atomic mass is 16.7. The molecular weight excluding hydrogens is 498 g/mol. The summed E-state index contributed by atoms with van der Waals surface area (Å²) in [5, 5.41) is 3.43. The third kappa shape index (κ3) is 4.26. The van der Waals surface area contributed by atoms with Crippen LogP contribution in [0.2, 0.25) is 0 Å². The van der Waals surface area contributed by atoms with Crippen LogP contribution in [0.1, 0.15) is 16.7 Å². The van der Waals surface area contributed by atoms with E-state index in [1.807, 2.05) is 0 Å². The molecule has 7 rings (SSSR count). The molecule has 4 aliphatic heterocycles. The molecule has 4 heterocycles. The van der Waals surface area contributed by atoms with Gasteiger partial charge in [0, 0.05) is 62.6 Å². The molecule has 9 nitrogen and oxygen atoms in total. The van der Waals surface area contributed by atoms with Gasteiger partial charge in [-0.25, -0.2) is 0 Å². The Balaban J connectivity index is 1.27. The molecule has 1 fully saturated rings. The van der Waals surface area contributed by atoms with Crippen LogP contribution in [0.3, 0.4) is 0 Å². The van der Waals surface area contributed by atoms with Gasteiger partial charge in [0.05, 0.1) is 14.2 Å². The minimum Gasteiger partial charge on any atom is -0.493 e. The van der Waals surface area contributed by atoms with Gasteiger partial charge in [-0.15, -0.1) is 0 Å². The summed E-state index contributed by atoms with van der Waals surface area (Å²) in [4.78, 5) is 4.90. The van der Waals surface area contributed by atoms with Crippen molar-refractivity contribution in [3.8, 4) is 45.6 Å². The molecule has 0 radical (unpaired) electrons. The minimum atomic E-state index is 0.145. The van der Waals surface area contributed by atoms with E-state index in [9.17, 15) is 0 Å². The van der Waals surface area contributed by atoms with Gasteiger partial charge in [-0.1, -0.05) is 12.1 Å². The SMILES string of the molecule is COc1cc2c(c3c1OCO3)-c1c(cc(OC)c3c1OCO3)CN(c1ccc(CCN3CCNCC3)cc1)C2. The maximum absolute atomic E-state index is 6.05. The van der Waals surface area contributed by atoms with Gasteiger partial charge in [0.1, 0.15) is 0 Å². The van der Waals surface area contributed by atoms with Crippen LogP contribution in [0.5, 0.6) is 34.5 Å². The lowest BCUT2D eigenvalue weighted by atomic mass is 9.93. The van der Waals surface area contributed by atoms with Crippen LogP contribution in [-0.4, -0.2) is 65.4 Å². The fraction of sp³-hybridized carbons (Fsp3) is 0.400. The van der Waals surface area contributed by atoms with Gasteiger partial charge in [0.25, 0.3) is 0 Å². The van der Waals surface area contributed by atoms with E-state index in [0.717, 1.165) is 67.1 Å². The van der Waals surface area contributed by atoms with Crippen molar-refractivity contribution in [1.82, 2.24) is 10.2 Å². The van der Waals surface area contributed by atoms with Gasteiger partial charge in [0.15, 0.2) is 23.0 Å². The first-order chi connectivity index (χ1) is 19.2. The van der Waals surface area contributed by atoms with E-state index >= 15 is 0 Å². The molecule has 0 aromatic heterocycles. The number of benzene rings is 3. The smallest absolute Gasteiger partial charge is 0.231 e. The Morgan fingerprint density at radius 3 is 1.82 bits per heavy atom. The molecule has 39 heavy (non-hydrogen) atoms. The zero-order valence-corrected chi connectivity index (χ0v) is 22.4. The lowest BCUT2D eigenvalue weighted by Crippen LogP contribution is -2.44. The predicted molar refractivity (Wildman–Crippen MR) is 147 cm³/mol. The number of piperazine rings is 1. The van der Waals surface area contributed by atoms with Crippen LogP contribution in [-0.2, 0) is 19.5 Å². The quantitative estimate of drug-likeness (QED) is 0.511. The van der Waals surface area contributed by atoms with Crippen molar-refractivity contribution in [2.45, 2.75) is 19.5 Å². The standard InChI is InChI=1S/C30H33N3O6/c1-34-23-13-20-15-33(22-5-3-19(4-6-22)7-10-32-11-8-31-9-12-32)16-21-14-24(35-2)28-30(39-18-37-28)26(21)25(20)29-27(23)36-17-38-29/h3-6,13-14,31H,7-12,15-18H2,1-2H3. The third-order valence-corrected chi connectivity index (χ3v) is 8.02. The van der Waals surface area contributed by atoms with E-state index in [2.05, 4.69) is 51.5 Å². The molecular formula is C30H33N3O6. The number of methoxy groups -OCH3 is 2. The van der Waals surface area contributed by atoms with Crippen molar-refractivity contribution in [1.29, 1.82) is 0 Å². The molecule has 3 aromatic rings. The van der Waals surface area contributed by atoms with Gasteiger partial charge in [-0.2, -0.15) is 0 Å². The molecule has 0 unspecified atom stereocenters. The zero-order valence-electron chi connectivity index (χ0n) is 22.4. The second kappa shape index (κ2) is 10.1. The summed E-state index contributed by atoms with van der Waals surface area (Å²) in [6, 6.07) is 13.1. The number of nitrogens with zero attached hydrogens (tertiary/aromatic N) is 2. The van der Waals surface area contributed by atoms with Crippen LogP contribution in [0.15, 0.2) is 36.4 Å². The van der Waals surface area contributed by atoms with E-state index in [4.69, 9.17) is 28.4 Å². The van der Waals surface area contributed by atoms with Crippen LogP contribution >= 0.6 is 0 Å². The highest BCUT2D eigenvalue weighted by Gasteiger charge is 2.36. The van der Waals surface area contributed by atoms with E-state index < -0.39 is 0 Å². The monoisotopic (exact) mass is 531 g/mol. The maximum Gasteiger partial charge on any atom is 0.231 e. The Kier molecular flexibility index (Phi) is 6.25. The maximum atomic E-state index is 6.05. The Bertz CT molecular complexity index is 1310. The Hall–Kier alpha value is -3.82. The summed E-state index contributed by atoms with van der Waals surface area (Å²) < 4.78 is 35.2. The topological polar surface area (TPSA) is 73.9 Å². The molecule has 9 heteroatoms. The zero-order chi connectivity index (χ0) is 26.3. The molecule has 1 N–H and O–H groups in total. The Morgan fingerprint density at radius 2 is 1.28 bits per heavy atom. The van der Waals surface area contributed by atoms with Gasteiger partial charge in [-0.05, 0) is 47.4 Å². The number of fused-ring (bicyclic) bond motifs is 7. The number of hydrogen-bond acceptors (Lipinski definition) is 9. The van der Waals surface area contributed by atoms with E-state index in [-0.39, 0.29) is 13.6 Å². The highest BCUT2D eigenvalue weighted by molar-refractivity contribution is 5.89. The number of rotatable bonds is 6. The number of nitrogens with one attached hydrogen (secondary N) is 1. The van der Waals surface area contributed by atoms with Gasteiger partial charge < -0.3 is 43.5 Å². The lowest BCUT2D eigenvalue weighted by Gasteiger charge is -2.27. The fourth-order valence-electron chi connectivity index (χ4n) is 6.02. The molecule has 204 valence electrons. The molecule has 0 aliphatic carbocycles. The summed E-state index contributed by atoms with van der Waals surface area (Å²) in [6.07, 6.45) is 1.05. The Labute approximate surface area is 228 Å².